The number of fused-ring (bicyclic) bond motifs is 12. The fourth-order valence-corrected chi connectivity index (χ4v) is 8.88. The molecular formula is C53H33N5. The molecular weight excluding hydrogens is 707 g/mol. The van der Waals surface area contributed by atoms with Gasteiger partial charge in [-0.25, -0.2) is 15.0 Å². The van der Waals surface area contributed by atoms with Crippen LogP contribution in [0.1, 0.15) is 0 Å². The Labute approximate surface area is 333 Å². The standard InChI is InChI=1S/C53H33N5/c1-3-15-34(16-4-1)36-19-13-21-38(31-36)44-33-45(39-22-14-20-37(32-39)35-17-5-2-6-18-35)56-53(55-44)58-46-27-11-9-25-42(46)51-49(58)30-29-48-50(51)40-23-7-8-24-41(40)52-54-43-26-10-12-28-47(43)57(48)52/h1-33H. The highest BCUT2D eigenvalue weighted by Crippen LogP contribution is 2.42. The van der Waals surface area contributed by atoms with Gasteiger partial charge in [-0.3, -0.25) is 8.97 Å². The molecule has 0 amide bonds. The van der Waals surface area contributed by atoms with E-state index in [1.165, 1.54) is 10.8 Å². The molecule has 12 rings (SSSR count). The van der Waals surface area contributed by atoms with Gasteiger partial charge in [-0.2, -0.15) is 0 Å². The summed E-state index contributed by atoms with van der Waals surface area (Å²) in [4.78, 5) is 16.1. The lowest BCUT2D eigenvalue weighted by atomic mass is 9.99. The molecule has 12 aromatic rings. The Morgan fingerprint density at radius 1 is 0.310 bits per heavy atom. The fraction of sp³-hybridized carbons (Fsp3) is 0. The number of imidazole rings is 1. The van der Waals surface area contributed by atoms with Crippen molar-refractivity contribution < 1.29 is 0 Å². The quantitative estimate of drug-likeness (QED) is 0.165. The minimum Gasteiger partial charge on any atom is -0.292 e. The van der Waals surface area contributed by atoms with Gasteiger partial charge in [-0.1, -0.05) is 152 Å². The number of hydrogen-bond acceptors (Lipinski definition) is 3. The van der Waals surface area contributed by atoms with Crippen LogP contribution in [0, 0.1) is 0 Å². The number of rotatable bonds is 5. The lowest BCUT2D eigenvalue weighted by molar-refractivity contribution is 0.996. The molecule has 0 spiro atoms. The first kappa shape index (κ1) is 32.4. The second-order valence-corrected chi connectivity index (χ2v) is 14.8. The third-order valence-corrected chi connectivity index (χ3v) is 11.5. The Hall–Kier alpha value is -7.89. The summed E-state index contributed by atoms with van der Waals surface area (Å²) in [6.07, 6.45) is 0. The van der Waals surface area contributed by atoms with E-state index in [1.54, 1.807) is 0 Å². The van der Waals surface area contributed by atoms with Crippen molar-refractivity contribution in [1.29, 1.82) is 0 Å². The van der Waals surface area contributed by atoms with Gasteiger partial charge in [0.2, 0.25) is 5.95 Å². The molecule has 0 atom stereocenters. The van der Waals surface area contributed by atoms with Gasteiger partial charge < -0.3 is 0 Å². The molecule has 0 fully saturated rings. The van der Waals surface area contributed by atoms with Crippen LogP contribution in [0.4, 0.5) is 0 Å². The molecule has 5 nitrogen and oxygen atoms in total. The number of pyridine rings is 1. The molecule has 0 unspecified atom stereocenters. The van der Waals surface area contributed by atoms with E-state index >= 15 is 0 Å². The summed E-state index contributed by atoms with van der Waals surface area (Å²) < 4.78 is 4.58. The molecule has 4 heterocycles. The molecule has 0 saturated carbocycles. The van der Waals surface area contributed by atoms with Crippen LogP contribution in [0.25, 0.3) is 111 Å². The van der Waals surface area contributed by atoms with E-state index in [1.807, 2.05) is 0 Å². The summed E-state index contributed by atoms with van der Waals surface area (Å²) in [7, 11) is 0. The summed E-state index contributed by atoms with van der Waals surface area (Å²) in [5.74, 6) is 0.617. The molecule has 0 aliphatic carbocycles. The zero-order chi connectivity index (χ0) is 38.2. The zero-order valence-electron chi connectivity index (χ0n) is 31.3. The van der Waals surface area contributed by atoms with E-state index in [0.717, 1.165) is 94.2 Å². The van der Waals surface area contributed by atoms with Crippen molar-refractivity contribution in [3.63, 3.8) is 0 Å². The van der Waals surface area contributed by atoms with Gasteiger partial charge in [-0.05, 0) is 76.2 Å². The van der Waals surface area contributed by atoms with Crippen LogP contribution in [0.5, 0.6) is 0 Å². The zero-order valence-corrected chi connectivity index (χ0v) is 31.3. The summed E-state index contributed by atoms with van der Waals surface area (Å²) in [5.41, 5.74) is 14.6. The highest BCUT2D eigenvalue weighted by Gasteiger charge is 2.22. The second-order valence-electron chi connectivity index (χ2n) is 14.8. The maximum atomic E-state index is 5.45. The predicted octanol–water partition coefficient (Wildman–Crippen LogP) is 13.3. The Morgan fingerprint density at radius 3 is 1.48 bits per heavy atom. The molecule has 0 bridgehead atoms. The molecule has 270 valence electrons. The van der Waals surface area contributed by atoms with Crippen molar-refractivity contribution in [2.45, 2.75) is 0 Å². The topological polar surface area (TPSA) is 48.0 Å². The van der Waals surface area contributed by atoms with E-state index in [9.17, 15) is 0 Å². The molecule has 58 heavy (non-hydrogen) atoms. The predicted molar refractivity (Wildman–Crippen MR) is 239 cm³/mol. The van der Waals surface area contributed by atoms with E-state index in [2.05, 4.69) is 209 Å². The van der Waals surface area contributed by atoms with E-state index in [-0.39, 0.29) is 0 Å². The maximum Gasteiger partial charge on any atom is 0.235 e. The Bertz CT molecular complexity index is 3460. The number of benzene rings is 8. The number of para-hydroxylation sites is 3. The summed E-state index contributed by atoms with van der Waals surface area (Å²) in [6.45, 7) is 0. The minimum absolute atomic E-state index is 0.617. The highest BCUT2D eigenvalue weighted by molar-refractivity contribution is 6.29. The molecule has 4 aromatic heterocycles. The van der Waals surface area contributed by atoms with Crippen LogP contribution in [-0.4, -0.2) is 23.9 Å². The Morgan fingerprint density at radius 2 is 0.810 bits per heavy atom. The van der Waals surface area contributed by atoms with Crippen LogP contribution in [0.2, 0.25) is 0 Å². The van der Waals surface area contributed by atoms with Gasteiger partial charge >= 0.3 is 0 Å². The van der Waals surface area contributed by atoms with Crippen LogP contribution in [0.15, 0.2) is 200 Å². The van der Waals surface area contributed by atoms with E-state index in [0.29, 0.717) is 5.95 Å². The first-order valence-corrected chi connectivity index (χ1v) is 19.6. The number of hydrogen-bond donors (Lipinski definition) is 0. The summed E-state index contributed by atoms with van der Waals surface area (Å²) >= 11 is 0. The number of nitrogens with zero attached hydrogens (tertiary/aromatic N) is 5. The molecule has 0 saturated heterocycles. The van der Waals surface area contributed by atoms with Crippen molar-refractivity contribution in [2.75, 3.05) is 0 Å². The molecule has 0 N–H and O–H groups in total. The average Bonchev–Trinajstić information content (AvgIpc) is 3.86. The highest BCUT2D eigenvalue weighted by atomic mass is 15.2. The third kappa shape index (κ3) is 5.00. The molecule has 5 heteroatoms. The monoisotopic (exact) mass is 739 g/mol. The third-order valence-electron chi connectivity index (χ3n) is 11.5. The second kappa shape index (κ2) is 12.8. The van der Waals surface area contributed by atoms with Gasteiger partial charge in [0.1, 0.15) is 5.65 Å². The van der Waals surface area contributed by atoms with Crippen LogP contribution < -0.4 is 0 Å². The van der Waals surface area contributed by atoms with Gasteiger partial charge in [0.15, 0.2) is 0 Å². The molecule has 0 aliphatic heterocycles. The van der Waals surface area contributed by atoms with Crippen LogP contribution in [-0.2, 0) is 0 Å². The molecule has 8 aromatic carbocycles. The fourth-order valence-electron chi connectivity index (χ4n) is 8.88. The van der Waals surface area contributed by atoms with E-state index in [4.69, 9.17) is 15.0 Å². The van der Waals surface area contributed by atoms with E-state index < -0.39 is 0 Å². The Kier molecular flexibility index (Phi) is 7.16. The summed E-state index contributed by atoms with van der Waals surface area (Å²) in [5, 5.41) is 5.77. The van der Waals surface area contributed by atoms with Crippen molar-refractivity contribution in [3.8, 4) is 50.7 Å². The molecule has 0 radical (unpaired) electrons. The van der Waals surface area contributed by atoms with Crippen molar-refractivity contribution in [1.82, 2.24) is 23.9 Å². The normalized spacial score (nSPS) is 11.8. The van der Waals surface area contributed by atoms with Gasteiger partial charge in [0, 0.05) is 32.7 Å². The van der Waals surface area contributed by atoms with Gasteiger partial charge in [-0.15, -0.1) is 0 Å². The first-order chi connectivity index (χ1) is 28.8. The Balaban J connectivity index is 1.17. The number of aromatic nitrogens is 5. The SMILES string of the molecule is c1ccc(-c2cccc(-c3cc(-c4cccc(-c5ccccc5)c4)nc(-n4c5ccccc5c5c6c7ccccc7c7nc8ccccc8n7c6ccc54)n3)c2)cc1. The largest absolute Gasteiger partial charge is 0.292 e. The lowest BCUT2D eigenvalue weighted by Crippen LogP contribution is -2.04. The lowest BCUT2D eigenvalue weighted by Gasteiger charge is -2.14. The smallest absolute Gasteiger partial charge is 0.235 e. The average molecular weight is 740 g/mol. The summed E-state index contributed by atoms with van der Waals surface area (Å²) in [6, 6.07) is 70.7. The first-order valence-electron chi connectivity index (χ1n) is 19.6. The van der Waals surface area contributed by atoms with Crippen LogP contribution >= 0.6 is 0 Å². The van der Waals surface area contributed by atoms with Gasteiger partial charge in [0.05, 0.1) is 39.0 Å². The molecule has 0 aliphatic rings. The van der Waals surface area contributed by atoms with Crippen molar-refractivity contribution in [2.24, 2.45) is 0 Å². The van der Waals surface area contributed by atoms with Gasteiger partial charge in [0.25, 0.3) is 0 Å². The van der Waals surface area contributed by atoms with Crippen LogP contribution in [0.3, 0.4) is 0 Å². The maximum absolute atomic E-state index is 5.45. The van der Waals surface area contributed by atoms with Crippen molar-refractivity contribution >= 4 is 60.2 Å². The minimum atomic E-state index is 0.617. The van der Waals surface area contributed by atoms with Crippen molar-refractivity contribution in [3.05, 3.63) is 200 Å².